The highest BCUT2D eigenvalue weighted by atomic mass is 16.5. The summed E-state index contributed by atoms with van der Waals surface area (Å²) in [5.41, 5.74) is 1.46. The Hall–Kier alpha value is -2.07. The molecule has 0 aliphatic carbocycles. The van der Waals surface area contributed by atoms with E-state index < -0.39 is 0 Å². The van der Waals surface area contributed by atoms with Crippen molar-refractivity contribution in [3.63, 3.8) is 0 Å². The number of pyridine rings is 1. The van der Waals surface area contributed by atoms with Gasteiger partial charge in [0.15, 0.2) is 0 Å². The van der Waals surface area contributed by atoms with Crippen molar-refractivity contribution in [2.24, 2.45) is 11.8 Å². The largest absolute Gasteiger partial charge is 0.497 e. The molecule has 1 aromatic carbocycles. The van der Waals surface area contributed by atoms with E-state index in [1.54, 1.807) is 7.11 Å². The zero-order valence-corrected chi connectivity index (χ0v) is 16.1. The lowest BCUT2D eigenvalue weighted by atomic mass is 9.74. The summed E-state index contributed by atoms with van der Waals surface area (Å²) in [5, 5.41) is 0. The van der Waals surface area contributed by atoms with E-state index in [-0.39, 0.29) is 0 Å². The first-order chi connectivity index (χ1) is 13.3. The molecule has 27 heavy (non-hydrogen) atoms. The van der Waals surface area contributed by atoms with E-state index in [4.69, 9.17) is 4.74 Å². The molecular weight excluding hydrogens is 334 g/mol. The number of piperidine rings is 3. The molecule has 0 amide bonds. The van der Waals surface area contributed by atoms with Crippen LogP contribution >= 0.6 is 0 Å². The minimum Gasteiger partial charge on any atom is -0.497 e. The SMILES string of the molecule is COc1ccc([C@H]2CCC[C@H]3[C@@H]4C[C@@H](CN(c5ccccn5)C4)CN23)cc1. The van der Waals surface area contributed by atoms with Crippen molar-refractivity contribution in [2.75, 3.05) is 31.6 Å². The topological polar surface area (TPSA) is 28.6 Å². The summed E-state index contributed by atoms with van der Waals surface area (Å²) in [6, 6.07) is 16.4. The Balaban J connectivity index is 1.37. The van der Waals surface area contributed by atoms with Gasteiger partial charge in [0.05, 0.1) is 7.11 Å². The number of benzene rings is 1. The minimum absolute atomic E-state index is 0.571. The molecule has 0 N–H and O–H groups in total. The third kappa shape index (κ3) is 3.20. The first-order valence-corrected chi connectivity index (χ1v) is 10.4. The van der Waals surface area contributed by atoms with E-state index in [9.17, 15) is 0 Å². The lowest BCUT2D eigenvalue weighted by molar-refractivity contribution is -0.0201. The molecule has 4 heterocycles. The molecule has 2 aromatic rings. The summed E-state index contributed by atoms with van der Waals surface area (Å²) < 4.78 is 5.35. The molecule has 3 aliphatic heterocycles. The standard InChI is InChI=1S/C23H29N3O/c1-27-20-10-8-18(9-11-20)21-5-4-6-22-19-13-17(15-26(21)22)14-25(16-19)23-7-2-3-12-24-23/h2-3,7-12,17,19,21-22H,4-6,13-16H2,1H3/t17-,19+,21+,22-/m0/s1. The second-order valence-electron chi connectivity index (χ2n) is 8.44. The third-order valence-corrected chi connectivity index (χ3v) is 6.86. The van der Waals surface area contributed by atoms with Crippen LogP contribution in [0.4, 0.5) is 5.82 Å². The molecule has 3 fully saturated rings. The smallest absolute Gasteiger partial charge is 0.128 e. The summed E-state index contributed by atoms with van der Waals surface area (Å²) in [7, 11) is 1.74. The Morgan fingerprint density at radius 1 is 1.00 bits per heavy atom. The summed E-state index contributed by atoms with van der Waals surface area (Å²) >= 11 is 0. The van der Waals surface area contributed by atoms with Gasteiger partial charge < -0.3 is 9.64 Å². The first kappa shape index (κ1) is 17.1. The van der Waals surface area contributed by atoms with Crippen LogP contribution in [0.2, 0.25) is 0 Å². The van der Waals surface area contributed by atoms with Crippen LogP contribution in [-0.2, 0) is 0 Å². The second kappa shape index (κ2) is 7.16. The highest BCUT2D eigenvalue weighted by molar-refractivity contribution is 5.39. The molecule has 2 bridgehead atoms. The highest BCUT2D eigenvalue weighted by Gasteiger charge is 2.45. The predicted molar refractivity (Wildman–Crippen MR) is 108 cm³/mol. The van der Waals surface area contributed by atoms with Crippen LogP contribution in [0.15, 0.2) is 48.7 Å². The van der Waals surface area contributed by atoms with Crippen LogP contribution in [0.5, 0.6) is 5.75 Å². The molecule has 4 heteroatoms. The Kier molecular flexibility index (Phi) is 4.52. The normalized spacial score (nSPS) is 30.6. The molecule has 5 rings (SSSR count). The van der Waals surface area contributed by atoms with Gasteiger partial charge in [0, 0.05) is 37.9 Å². The van der Waals surface area contributed by atoms with Gasteiger partial charge in [0.25, 0.3) is 0 Å². The molecular formula is C23H29N3O. The molecule has 3 saturated heterocycles. The highest BCUT2D eigenvalue weighted by Crippen LogP contribution is 2.45. The molecule has 0 unspecified atom stereocenters. The Labute approximate surface area is 162 Å². The number of nitrogens with zero attached hydrogens (tertiary/aromatic N) is 3. The number of aromatic nitrogens is 1. The van der Waals surface area contributed by atoms with Crippen LogP contribution in [0, 0.1) is 11.8 Å². The molecule has 1 aromatic heterocycles. The molecule has 0 spiro atoms. The van der Waals surface area contributed by atoms with E-state index in [0.29, 0.717) is 12.1 Å². The maximum absolute atomic E-state index is 5.35. The maximum atomic E-state index is 5.35. The number of anilines is 1. The average molecular weight is 364 g/mol. The Morgan fingerprint density at radius 3 is 2.67 bits per heavy atom. The maximum Gasteiger partial charge on any atom is 0.128 e. The molecule has 4 atom stereocenters. The Bertz CT molecular complexity index is 763. The zero-order valence-electron chi connectivity index (χ0n) is 16.1. The van der Waals surface area contributed by atoms with Gasteiger partial charge in [-0.1, -0.05) is 18.2 Å². The average Bonchev–Trinajstić information content (AvgIpc) is 2.74. The van der Waals surface area contributed by atoms with Crippen molar-refractivity contribution in [2.45, 2.75) is 37.8 Å². The van der Waals surface area contributed by atoms with Crippen molar-refractivity contribution in [3.8, 4) is 5.75 Å². The van der Waals surface area contributed by atoms with Crippen LogP contribution in [-0.4, -0.2) is 42.7 Å². The fraction of sp³-hybridized carbons (Fsp3) is 0.522. The quantitative estimate of drug-likeness (QED) is 0.819. The Morgan fingerprint density at radius 2 is 1.89 bits per heavy atom. The monoisotopic (exact) mass is 363 g/mol. The van der Waals surface area contributed by atoms with Crippen LogP contribution in [0.25, 0.3) is 0 Å². The number of fused-ring (bicyclic) bond motifs is 4. The van der Waals surface area contributed by atoms with Crippen LogP contribution in [0.1, 0.15) is 37.3 Å². The molecule has 4 nitrogen and oxygen atoms in total. The van der Waals surface area contributed by atoms with E-state index in [2.05, 4.69) is 51.2 Å². The van der Waals surface area contributed by atoms with Gasteiger partial charge in [-0.15, -0.1) is 0 Å². The predicted octanol–water partition coefficient (Wildman–Crippen LogP) is 4.14. The minimum atomic E-state index is 0.571. The van der Waals surface area contributed by atoms with Crippen molar-refractivity contribution in [1.82, 2.24) is 9.88 Å². The molecule has 142 valence electrons. The van der Waals surface area contributed by atoms with E-state index in [1.165, 1.54) is 37.8 Å². The van der Waals surface area contributed by atoms with Crippen molar-refractivity contribution < 1.29 is 4.74 Å². The first-order valence-electron chi connectivity index (χ1n) is 10.4. The number of ether oxygens (including phenoxy) is 1. The molecule has 3 aliphatic rings. The van der Waals surface area contributed by atoms with Gasteiger partial charge in [-0.25, -0.2) is 4.98 Å². The van der Waals surface area contributed by atoms with Crippen molar-refractivity contribution in [1.29, 1.82) is 0 Å². The second-order valence-corrected chi connectivity index (χ2v) is 8.44. The fourth-order valence-corrected chi connectivity index (χ4v) is 5.72. The number of hydrogen-bond donors (Lipinski definition) is 0. The zero-order chi connectivity index (χ0) is 18.2. The van der Waals surface area contributed by atoms with Crippen molar-refractivity contribution >= 4 is 5.82 Å². The van der Waals surface area contributed by atoms with Gasteiger partial charge in [0.1, 0.15) is 11.6 Å². The lowest BCUT2D eigenvalue weighted by Crippen LogP contribution is -2.59. The van der Waals surface area contributed by atoms with E-state index >= 15 is 0 Å². The molecule has 0 radical (unpaired) electrons. The summed E-state index contributed by atoms with van der Waals surface area (Å²) in [4.78, 5) is 10.00. The van der Waals surface area contributed by atoms with Gasteiger partial charge in [-0.3, -0.25) is 4.90 Å². The van der Waals surface area contributed by atoms with E-state index in [1.807, 2.05) is 12.3 Å². The number of rotatable bonds is 3. The van der Waals surface area contributed by atoms with Crippen LogP contribution in [0.3, 0.4) is 0 Å². The summed E-state index contributed by atoms with van der Waals surface area (Å²) in [6.45, 7) is 3.53. The van der Waals surface area contributed by atoms with Gasteiger partial charge in [0.2, 0.25) is 0 Å². The fourth-order valence-electron chi connectivity index (χ4n) is 5.72. The third-order valence-electron chi connectivity index (χ3n) is 6.86. The number of hydrogen-bond acceptors (Lipinski definition) is 4. The van der Waals surface area contributed by atoms with Crippen LogP contribution < -0.4 is 9.64 Å². The number of methoxy groups -OCH3 is 1. The summed E-state index contributed by atoms with van der Waals surface area (Å²) in [6.07, 6.45) is 7.28. The van der Waals surface area contributed by atoms with Gasteiger partial charge in [-0.2, -0.15) is 0 Å². The summed E-state index contributed by atoms with van der Waals surface area (Å²) in [5.74, 6) is 3.62. The van der Waals surface area contributed by atoms with Crippen molar-refractivity contribution in [3.05, 3.63) is 54.2 Å². The van der Waals surface area contributed by atoms with Gasteiger partial charge in [-0.05, 0) is 67.3 Å². The lowest BCUT2D eigenvalue weighted by Gasteiger charge is -2.55. The van der Waals surface area contributed by atoms with Gasteiger partial charge >= 0.3 is 0 Å². The van der Waals surface area contributed by atoms with E-state index in [0.717, 1.165) is 36.5 Å². The molecule has 0 saturated carbocycles.